The van der Waals surface area contributed by atoms with E-state index in [0.29, 0.717) is 12.1 Å². The number of nitro benzene ring substituents is 1. The molecule has 0 bridgehead atoms. The number of hydrogen-bond acceptors (Lipinski definition) is 4. The van der Waals surface area contributed by atoms with Crippen LogP contribution in [0.2, 0.25) is 0 Å². The van der Waals surface area contributed by atoms with Gasteiger partial charge in [0.1, 0.15) is 5.56 Å². The summed E-state index contributed by atoms with van der Waals surface area (Å²) in [6, 6.07) is 0.925. The Hall–Kier alpha value is -2.09. The van der Waals surface area contributed by atoms with E-state index in [9.17, 15) is 23.7 Å². The smallest absolute Gasteiger partial charge is 0.285 e. The van der Waals surface area contributed by atoms with Crippen LogP contribution in [0.3, 0.4) is 0 Å². The summed E-state index contributed by atoms with van der Waals surface area (Å²) in [6.07, 6.45) is 0. The lowest BCUT2D eigenvalue weighted by Gasteiger charge is -2.38. The van der Waals surface area contributed by atoms with E-state index in [2.05, 4.69) is 0 Å². The van der Waals surface area contributed by atoms with Crippen LogP contribution in [0.4, 0.5) is 14.5 Å². The van der Waals surface area contributed by atoms with Crippen molar-refractivity contribution in [1.29, 1.82) is 0 Å². The summed E-state index contributed by atoms with van der Waals surface area (Å²) in [4.78, 5) is 23.0. The Labute approximate surface area is 106 Å². The second-order valence-electron chi connectivity index (χ2n) is 4.30. The lowest BCUT2D eigenvalue weighted by atomic mass is 9.99. The van der Waals surface area contributed by atoms with E-state index in [1.54, 1.807) is 0 Å². The largest absolute Gasteiger partial charge is 0.396 e. The fourth-order valence-corrected chi connectivity index (χ4v) is 1.88. The minimum absolute atomic E-state index is 0.0756. The maximum atomic E-state index is 13.1. The Bertz CT molecular complexity index is 544. The molecule has 0 atom stereocenters. The number of carbonyl (C=O) groups excluding carboxylic acids is 1. The molecule has 1 amide bonds. The third-order valence-corrected chi connectivity index (χ3v) is 2.97. The molecule has 0 aliphatic carbocycles. The number of likely N-dealkylation sites (tertiary alicyclic amines) is 1. The molecule has 2 rings (SSSR count). The summed E-state index contributed by atoms with van der Waals surface area (Å²) in [7, 11) is 0. The van der Waals surface area contributed by atoms with Gasteiger partial charge in [0.25, 0.3) is 11.6 Å². The minimum Gasteiger partial charge on any atom is -0.396 e. The Kier molecular flexibility index (Phi) is 3.43. The van der Waals surface area contributed by atoms with Gasteiger partial charge in [0.05, 0.1) is 11.0 Å². The zero-order valence-electron chi connectivity index (χ0n) is 9.68. The number of carbonyl (C=O) groups is 1. The standard InChI is InChI=1S/C11H10F2N2O4/c12-8-1-7(10(15(18)19)2-9(8)13)11(17)14-3-6(4-14)5-16/h1-2,6,16H,3-5H2. The van der Waals surface area contributed by atoms with E-state index in [4.69, 9.17) is 5.11 Å². The maximum absolute atomic E-state index is 13.1. The van der Waals surface area contributed by atoms with Crippen LogP contribution in [0.25, 0.3) is 0 Å². The van der Waals surface area contributed by atoms with Gasteiger partial charge in [-0.05, 0) is 6.07 Å². The van der Waals surface area contributed by atoms with Gasteiger partial charge in [-0.1, -0.05) is 0 Å². The topological polar surface area (TPSA) is 83.7 Å². The number of nitro groups is 1. The number of benzene rings is 1. The zero-order chi connectivity index (χ0) is 14.2. The molecule has 0 unspecified atom stereocenters. The molecule has 6 nitrogen and oxygen atoms in total. The highest BCUT2D eigenvalue weighted by atomic mass is 19.2. The Balaban J connectivity index is 2.31. The number of rotatable bonds is 3. The van der Waals surface area contributed by atoms with Gasteiger partial charge >= 0.3 is 0 Å². The van der Waals surface area contributed by atoms with E-state index in [0.717, 1.165) is 0 Å². The van der Waals surface area contributed by atoms with Crippen LogP contribution in [-0.4, -0.2) is 40.5 Å². The minimum atomic E-state index is -1.37. The van der Waals surface area contributed by atoms with Gasteiger partial charge in [0, 0.05) is 25.6 Å². The molecule has 0 radical (unpaired) electrons. The van der Waals surface area contributed by atoms with Gasteiger partial charge in [-0.2, -0.15) is 0 Å². The quantitative estimate of drug-likeness (QED) is 0.655. The summed E-state index contributed by atoms with van der Waals surface area (Å²) < 4.78 is 26.1. The molecule has 102 valence electrons. The number of nitrogens with zero attached hydrogens (tertiary/aromatic N) is 2. The van der Waals surface area contributed by atoms with Crippen molar-refractivity contribution >= 4 is 11.6 Å². The summed E-state index contributed by atoms with van der Waals surface area (Å²) in [5.41, 5.74) is -1.25. The highest BCUT2D eigenvalue weighted by Gasteiger charge is 2.34. The summed E-state index contributed by atoms with van der Waals surface area (Å²) >= 11 is 0. The van der Waals surface area contributed by atoms with E-state index >= 15 is 0 Å². The predicted octanol–water partition coefficient (Wildman–Crippen LogP) is 0.937. The lowest BCUT2D eigenvalue weighted by Crippen LogP contribution is -2.51. The highest BCUT2D eigenvalue weighted by molar-refractivity contribution is 5.98. The molecular weight excluding hydrogens is 262 g/mol. The van der Waals surface area contributed by atoms with Crippen molar-refractivity contribution < 1.29 is 23.6 Å². The molecule has 1 aromatic carbocycles. The first-order valence-corrected chi connectivity index (χ1v) is 5.47. The van der Waals surface area contributed by atoms with Gasteiger partial charge in [0.15, 0.2) is 11.6 Å². The molecule has 0 saturated carbocycles. The fourth-order valence-electron chi connectivity index (χ4n) is 1.88. The van der Waals surface area contributed by atoms with Crippen LogP contribution in [-0.2, 0) is 0 Å². The van der Waals surface area contributed by atoms with Crippen LogP contribution >= 0.6 is 0 Å². The lowest BCUT2D eigenvalue weighted by molar-refractivity contribution is -0.385. The van der Waals surface area contributed by atoms with Crippen LogP contribution in [0, 0.1) is 27.7 Å². The molecule has 1 heterocycles. The third-order valence-electron chi connectivity index (χ3n) is 2.97. The van der Waals surface area contributed by atoms with Gasteiger partial charge in [-0.25, -0.2) is 8.78 Å². The summed E-state index contributed by atoms with van der Waals surface area (Å²) in [6.45, 7) is 0.390. The highest BCUT2D eigenvalue weighted by Crippen LogP contribution is 2.26. The van der Waals surface area contributed by atoms with Crippen molar-refractivity contribution in [3.63, 3.8) is 0 Å². The molecule has 8 heteroatoms. The maximum Gasteiger partial charge on any atom is 0.285 e. The molecule has 1 aliphatic rings. The predicted molar refractivity (Wildman–Crippen MR) is 59.5 cm³/mol. The van der Waals surface area contributed by atoms with Gasteiger partial charge < -0.3 is 10.0 Å². The first-order chi connectivity index (χ1) is 8.93. The normalized spacial score (nSPS) is 15.2. The van der Waals surface area contributed by atoms with E-state index in [1.807, 2.05) is 0 Å². The number of aliphatic hydroxyl groups excluding tert-OH is 1. The van der Waals surface area contributed by atoms with Gasteiger partial charge in [-0.15, -0.1) is 0 Å². The van der Waals surface area contributed by atoms with E-state index < -0.39 is 33.7 Å². The molecule has 1 aliphatic heterocycles. The van der Waals surface area contributed by atoms with Crippen molar-refractivity contribution in [3.05, 3.63) is 39.4 Å². The summed E-state index contributed by atoms with van der Waals surface area (Å²) in [5, 5.41) is 19.6. The number of aliphatic hydroxyl groups is 1. The number of amides is 1. The fraction of sp³-hybridized carbons (Fsp3) is 0.364. The first-order valence-electron chi connectivity index (χ1n) is 5.47. The van der Waals surface area contributed by atoms with Crippen molar-refractivity contribution in [1.82, 2.24) is 4.90 Å². The summed E-state index contributed by atoms with van der Waals surface area (Å²) in [5.74, 6) is -3.50. The van der Waals surface area contributed by atoms with Gasteiger partial charge in [-0.3, -0.25) is 14.9 Å². The van der Waals surface area contributed by atoms with Crippen LogP contribution in [0.1, 0.15) is 10.4 Å². The molecule has 1 N–H and O–H groups in total. The molecule has 0 aromatic heterocycles. The van der Waals surface area contributed by atoms with Crippen LogP contribution < -0.4 is 0 Å². The molecule has 1 fully saturated rings. The van der Waals surface area contributed by atoms with Crippen LogP contribution in [0.15, 0.2) is 12.1 Å². The second-order valence-corrected chi connectivity index (χ2v) is 4.30. The molecule has 0 spiro atoms. The molecule has 19 heavy (non-hydrogen) atoms. The molecule has 1 aromatic rings. The van der Waals surface area contributed by atoms with Crippen molar-refractivity contribution in [2.75, 3.05) is 19.7 Å². The first kappa shape index (κ1) is 13.3. The van der Waals surface area contributed by atoms with Crippen molar-refractivity contribution in [2.24, 2.45) is 5.92 Å². The number of hydrogen-bond donors (Lipinski definition) is 1. The SMILES string of the molecule is O=C(c1cc(F)c(F)cc1[N+](=O)[O-])N1CC(CO)C1. The second kappa shape index (κ2) is 4.88. The molecular formula is C11H10F2N2O4. The molecule has 1 saturated heterocycles. The monoisotopic (exact) mass is 272 g/mol. The third kappa shape index (κ3) is 2.39. The number of halogens is 2. The average molecular weight is 272 g/mol. The van der Waals surface area contributed by atoms with Crippen LogP contribution in [0.5, 0.6) is 0 Å². The average Bonchev–Trinajstić information content (AvgIpc) is 2.30. The Morgan fingerprint density at radius 3 is 2.53 bits per heavy atom. The van der Waals surface area contributed by atoms with Gasteiger partial charge in [0.2, 0.25) is 0 Å². The van der Waals surface area contributed by atoms with Crippen molar-refractivity contribution in [2.45, 2.75) is 0 Å². The van der Waals surface area contributed by atoms with Crippen molar-refractivity contribution in [3.8, 4) is 0 Å². The Morgan fingerprint density at radius 1 is 1.42 bits per heavy atom. The Morgan fingerprint density at radius 2 is 2.00 bits per heavy atom. The zero-order valence-corrected chi connectivity index (χ0v) is 9.68. The van der Waals surface area contributed by atoms with E-state index in [-0.39, 0.29) is 25.6 Å². The van der Waals surface area contributed by atoms with E-state index in [1.165, 1.54) is 4.90 Å².